The smallest absolute Gasteiger partial charge is 0.245 e. The number of methoxy groups -OCH3 is 1. The van der Waals surface area contributed by atoms with E-state index >= 15 is 0 Å². The van der Waals surface area contributed by atoms with Crippen molar-refractivity contribution in [2.24, 2.45) is 11.1 Å². The molecule has 2 unspecified atom stereocenters. The normalized spacial score (nSPS) is 25.6. The van der Waals surface area contributed by atoms with Gasteiger partial charge in [-0.05, 0) is 6.92 Å². The Hall–Kier alpha value is -1.73. The van der Waals surface area contributed by atoms with E-state index in [1.54, 1.807) is 0 Å². The summed E-state index contributed by atoms with van der Waals surface area (Å²) in [7, 11) is 1.23. The maximum Gasteiger partial charge on any atom is 0.245 e. The van der Waals surface area contributed by atoms with E-state index in [0.29, 0.717) is 13.0 Å². The number of amides is 1. The fourth-order valence-corrected chi connectivity index (χ4v) is 2.84. The maximum absolute atomic E-state index is 14.0. The number of benzene rings is 1. The summed E-state index contributed by atoms with van der Waals surface area (Å²) in [4.78, 5) is 12.5. The SMILES string of the molecule is CCOC1CC(N)(C(=O)Nc2cc(F)c(OC)cc2F)C1(C)C. The monoisotopic (exact) mass is 328 g/mol. The molecule has 0 saturated heterocycles. The number of ether oxygens (including phenoxy) is 2. The summed E-state index contributed by atoms with van der Waals surface area (Å²) in [6, 6.07) is 1.75. The van der Waals surface area contributed by atoms with Crippen LogP contribution in [-0.2, 0) is 9.53 Å². The zero-order valence-corrected chi connectivity index (χ0v) is 13.7. The number of nitrogens with two attached hydrogens (primary N) is 1. The highest BCUT2D eigenvalue weighted by molar-refractivity contribution is 6.00. The molecular weight excluding hydrogens is 306 g/mol. The number of halogens is 2. The van der Waals surface area contributed by atoms with Gasteiger partial charge >= 0.3 is 0 Å². The highest BCUT2D eigenvalue weighted by Gasteiger charge is 2.62. The van der Waals surface area contributed by atoms with Crippen LogP contribution in [0, 0.1) is 17.0 Å². The van der Waals surface area contributed by atoms with Crippen LogP contribution in [0.4, 0.5) is 14.5 Å². The van der Waals surface area contributed by atoms with Gasteiger partial charge in [-0.3, -0.25) is 4.79 Å². The number of hydrogen-bond donors (Lipinski definition) is 2. The number of rotatable bonds is 5. The van der Waals surface area contributed by atoms with Gasteiger partial charge in [-0.25, -0.2) is 8.78 Å². The Bertz CT molecular complexity index is 622. The summed E-state index contributed by atoms with van der Waals surface area (Å²) in [6.07, 6.45) is 0.167. The second-order valence-corrected chi connectivity index (χ2v) is 6.26. The molecule has 0 bridgehead atoms. The van der Waals surface area contributed by atoms with E-state index < -0.39 is 28.5 Å². The van der Waals surface area contributed by atoms with Crippen molar-refractivity contribution < 1.29 is 23.0 Å². The summed E-state index contributed by atoms with van der Waals surface area (Å²) in [5, 5.41) is 2.37. The minimum Gasteiger partial charge on any atom is -0.494 e. The van der Waals surface area contributed by atoms with Crippen LogP contribution < -0.4 is 15.8 Å². The van der Waals surface area contributed by atoms with E-state index in [1.807, 2.05) is 20.8 Å². The van der Waals surface area contributed by atoms with Crippen molar-refractivity contribution in [3.63, 3.8) is 0 Å². The second kappa shape index (κ2) is 6.05. The van der Waals surface area contributed by atoms with Crippen LogP contribution in [0.3, 0.4) is 0 Å². The third kappa shape index (κ3) is 2.79. The molecule has 0 heterocycles. The molecular formula is C16H22F2N2O3. The summed E-state index contributed by atoms with van der Waals surface area (Å²) >= 11 is 0. The second-order valence-electron chi connectivity index (χ2n) is 6.26. The van der Waals surface area contributed by atoms with Crippen LogP contribution in [0.1, 0.15) is 27.2 Å². The van der Waals surface area contributed by atoms with Gasteiger partial charge in [-0.1, -0.05) is 13.8 Å². The van der Waals surface area contributed by atoms with E-state index in [9.17, 15) is 13.6 Å². The molecule has 1 amide bonds. The van der Waals surface area contributed by atoms with Gasteiger partial charge < -0.3 is 20.5 Å². The van der Waals surface area contributed by atoms with E-state index in [1.165, 1.54) is 7.11 Å². The molecule has 2 atom stereocenters. The molecule has 23 heavy (non-hydrogen) atoms. The Morgan fingerprint density at radius 3 is 2.57 bits per heavy atom. The first-order valence-corrected chi connectivity index (χ1v) is 7.42. The maximum atomic E-state index is 14.0. The predicted octanol–water partition coefficient (Wildman–Crippen LogP) is 2.44. The molecule has 0 aliphatic heterocycles. The molecule has 0 radical (unpaired) electrons. The van der Waals surface area contributed by atoms with Crippen LogP contribution in [0.25, 0.3) is 0 Å². The molecule has 1 aromatic rings. The van der Waals surface area contributed by atoms with Crippen molar-refractivity contribution in [3.8, 4) is 5.75 Å². The van der Waals surface area contributed by atoms with E-state index in [-0.39, 0.29) is 17.5 Å². The van der Waals surface area contributed by atoms with Gasteiger partial charge in [0, 0.05) is 30.6 Å². The minimum atomic E-state index is -1.21. The molecule has 128 valence electrons. The Morgan fingerprint density at radius 2 is 2.04 bits per heavy atom. The van der Waals surface area contributed by atoms with Crippen LogP contribution in [-0.4, -0.2) is 31.3 Å². The first-order valence-electron chi connectivity index (χ1n) is 7.42. The number of anilines is 1. The van der Waals surface area contributed by atoms with Crippen molar-refractivity contribution in [1.29, 1.82) is 0 Å². The molecule has 1 fully saturated rings. The molecule has 5 nitrogen and oxygen atoms in total. The predicted molar refractivity (Wildman–Crippen MR) is 82.3 cm³/mol. The summed E-state index contributed by atoms with van der Waals surface area (Å²) < 4.78 is 37.9. The first-order chi connectivity index (χ1) is 10.7. The minimum absolute atomic E-state index is 0.152. The van der Waals surface area contributed by atoms with E-state index in [2.05, 4.69) is 5.32 Å². The lowest BCUT2D eigenvalue weighted by Gasteiger charge is -2.57. The fourth-order valence-electron chi connectivity index (χ4n) is 2.84. The third-order valence-corrected chi connectivity index (χ3v) is 4.72. The van der Waals surface area contributed by atoms with Gasteiger partial charge in [-0.2, -0.15) is 0 Å². The molecule has 1 aliphatic carbocycles. The Kier molecular flexibility index (Phi) is 4.64. The average molecular weight is 328 g/mol. The van der Waals surface area contributed by atoms with E-state index in [0.717, 1.165) is 12.1 Å². The van der Waals surface area contributed by atoms with Gasteiger partial charge in [0.05, 0.1) is 18.9 Å². The number of nitrogens with one attached hydrogen (secondary N) is 1. The Morgan fingerprint density at radius 1 is 1.39 bits per heavy atom. The first kappa shape index (κ1) is 17.6. The molecule has 7 heteroatoms. The molecule has 2 rings (SSSR count). The molecule has 1 aromatic carbocycles. The van der Waals surface area contributed by atoms with Crippen molar-refractivity contribution in [2.75, 3.05) is 19.0 Å². The van der Waals surface area contributed by atoms with Crippen LogP contribution in [0.15, 0.2) is 12.1 Å². The summed E-state index contributed by atoms with van der Waals surface area (Å²) in [5.41, 5.74) is 4.11. The van der Waals surface area contributed by atoms with Crippen LogP contribution in [0.2, 0.25) is 0 Å². The summed E-state index contributed by atoms with van der Waals surface area (Å²) in [6.45, 7) is 6.02. The van der Waals surface area contributed by atoms with Crippen molar-refractivity contribution in [2.45, 2.75) is 38.8 Å². The van der Waals surface area contributed by atoms with Crippen LogP contribution in [0.5, 0.6) is 5.75 Å². The van der Waals surface area contributed by atoms with E-state index in [4.69, 9.17) is 15.2 Å². The lowest BCUT2D eigenvalue weighted by atomic mass is 9.54. The average Bonchev–Trinajstić information content (AvgIpc) is 2.49. The van der Waals surface area contributed by atoms with Crippen LogP contribution >= 0.6 is 0 Å². The number of carbonyl (C=O) groups is 1. The van der Waals surface area contributed by atoms with Gasteiger partial charge in [0.1, 0.15) is 5.54 Å². The Balaban J connectivity index is 2.19. The lowest BCUT2D eigenvalue weighted by molar-refractivity contribution is -0.166. The van der Waals surface area contributed by atoms with Gasteiger partial charge in [0.25, 0.3) is 0 Å². The highest BCUT2D eigenvalue weighted by Crippen LogP contribution is 2.50. The zero-order chi connectivity index (χ0) is 17.4. The molecule has 1 saturated carbocycles. The largest absolute Gasteiger partial charge is 0.494 e. The zero-order valence-electron chi connectivity index (χ0n) is 13.7. The molecule has 1 aliphatic rings. The molecule has 0 spiro atoms. The van der Waals surface area contributed by atoms with Gasteiger partial charge in [0.2, 0.25) is 5.91 Å². The standard InChI is InChI=1S/C16H22F2N2O3/c1-5-23-13-8-16(19,15(13,2)3)14(21)20-11-6-10(18)12(22-4)7-9(11)17/h6-7,13H,5,8,19H2,1-4H3,(H,20,21). The fraction of sp³-hybridized carbons (Fsp3) is 0.562. The third-order valence-electron chi connectivity index (χ3n) is 4.72. The van der Waals surface area contributed by atoms with Crippen molar-refractivity contribution in [3.05, 3.63) is 23.8 Å². The Labute approximate surface area is 134 Å². The highest BCUT2D eigenvalue weighted by atomic mass is 19.1. The lowest BCUT2D eigenvalue weighted by Crippen LogP contribution is -2.74. The van der Waals surface area contributed by atoms with Gasteiger partial charge in [-0.15, -0.1) is 0 Å². The van der Waals surface area contributed by atoms with Gasteiger partial charge in [0.15, 0.2) is 17.4 Å². The quantitative estimate of drug-likeness (QED) is 0.871. The molecule has 3 N–H and O–H groups in total. The van der Waals surface area contributed by atoms with Crippen molar-refractivity contribution in [1.82, 2.24) is 0 Å². The number of carbonyl (C=O) groups excluding carboxylic acids is 1. The van der Waals surface area contributed by atoms with Crippen molar-refractivity contribution >= 4 is 11.6 Å². The topological polar surface area (TPSA) is 73.6 Å². The summed E-state index contributed by atoms with van der Waals surface area (Å²) in [5.74, 6) is -2.36. The molecule has 0 aromatic heterocycles. The number of hydrogen-bond acceptors (Lipinski definition) is 4.